The number of hydrogen-bond donors (Lipinski definition) is 2. The van der Waals surface area contributed by atoms with Crippen molar-refractivity contribution in [2.75, 3.05) is 0 Å². The average Bonchev–Trinajstić information content (AvgIpc) is 2.68. The van der Waals surface area contributed by atoms with Crippen LogP contribution in [0.1, 0.15) is 13.8 Å². The van der Waals surface area contributed by atoms with Gasteiger partial charge in [0.15, 0.2) is 6.17 Å². The Morgan fingerprint density at radius 2 is 1.43 bits per heavy atom. The number of ether oxygens (including phenoxy) is 1. The van der Waals surface area contributed by atoms with Crippen molar-refractivity contribution in [1.82, 2.24) is 5.09 Å². The van der Waals surface area contributed by atoms with Crippen molar-refractivity contribution in [3.63, 3.8) is 0 Å². The van der Waals surface area contributed by atoms with Crippen LogP contribution in [-0.2, 0) is 14.1 Å². The van der Waals surface area contributed by atoms with E-state index in [1.54, 1.807) is 6.07 Å². The minimum absolute atomic E-state index is 0.193. The fourth-order valence-corrected chi connectivity index (χ4v) is 3.39. The largest absolute Gasteiger partial charge is 0.514 e. The Morgan fingerprint density at radius 1 is 0.933 bits per heavy atom. The van der Waals surface area contributed by atoms with E-state index in [9.17, 15) is 31.3 Å². The molecule has 2 rings (SSSR count). The standard InChI is InChI=1S/C17H16F5N2O5P/c1-8(2)27-17(25)16(23)24-30(26,28-9-6-4-3-5-7-9)29-15-13(21)11(19)10(18)12(20)14(15)22/h3-8,16H,23H2,1-2H3,(H,24,26)/t16-,30+/m1/s1. The molecule has 2 atom stereocenters. The molecule has 0 aliphatic carbocycles. The average molecular weight is 454 g/mol. The zero-order chi connectivity index (χ0) is 22.6. The van der Waals surface area contributed by atoms with Gasteiger partial charge in [0.25, 0.3) is 0 Å². The van der Waals surface area contributed by atoms with Gasteiger partial charge >= 0.3 is 13.7 Å². The molecule has 2 aromatic carbocycles. The summed E-state index contributed by atoms with van der Waals surface area (Å²) in [4.78, 5) is 11.9. The van der Waals surface area contributed by atoms with E-state index in [0.29, 0.717) is 0 Å². The smallest absolute Gasteiger partial charge is 0.461 e. The maximum atomic E-state index is 14.0. The van der Waals surface area contributed by atoms with Crippen LogP contribution in [0.3, 0.4) is 0 Å². The lowest BCUT2D eigenvalue weighted by molar-refractivity contribution is -0.149. The van der Waals surface area contributed by atoms with Crippen LogP contribution in [0.15, 0.2) is 30.3 Å². The SMILES string of the molecule is CC(C)OC(=O)[C@H](N)N[P@](=O)(Oc1ccccc1)Oc1c(F)c(F)c(F)c(F)c1F. The van der Waals surface area contributed by atoms with Crippen LogP contribution in [-0.4, -0.2) is 18.2 Å². The van der Waals surface area contributed by atoms with E-state index in [1.165, 1.54) is 38.1 Å². The lowest BCUT2D eigenvalue weighted by Crippen LogP contribution is -2.45. The number of carbonyl (C=O) groups excluding carboxylic acids is 1. The van der Waals surface area contributed by atoms with Gasteiger partial charge in [-0.2, -0.15) is 13.9 Å². The summed E-state index contributed by atoms with van der Waals surface area (Å²) in [7, 11) is -5.04. The van der Waals surface area contributed by atoms with Gasteiger partial charge in [-0.25, -0.2) is 22.5 Å². The first-order valence-electron chi connectivity index (χ1n) is 8.24. The van der Waals surface area contributed by atoms with E-state index in [-0.39, 0.29) is 5.75 Å². The van der Waals surface area contributed by atoms with Crippen molar-refractivity contribution in [2.45, 2.75) is 26.1 Å². The van der Waals surface area contributed by atoms with Gasteiger partial charge in [-0.3, -0.25) is 0 Å². The molecule has 2 aromatic rings. The van der Waals surface area contributed by atoms with Gasteiger partial charge < -0.3 is 19.5 Å². The van der Waals surface area contributed by atoms with E-state index in [2.05, 4.69) is 4.52 Å². The quantitative estimate of drug-likeness (QED) is 0.156. The number of carbonyl (C=O) groups is 1. The number of halogens is 5. The third kappa shape index (κ3) is 5.47. The molecule has 0 aromatic heterocycles. The first kappa shape index (κ1) is 23.6. The van der Waals surface area contributed by atoms with Crippen molar-refractivity contribution in [1.29, 1.82) is 0 Å². The molecule has 0 radical (unpaired) electrons. The molecule has 13 heteroatoms. The summed E-state index contributed by atoms with van der Waals surface area (Å²) in [6, 6.07) is 6.88. The highest BCUT2D eigenvalue weighted by atomic mass is 31.2. The number of esters is 1. The normalized spacial score (nSPS) is 14.2. The molecule has 0 bridgehead atoms. The second kappa shape index (κ2) is 9.41. The van der Waals surface area contributed by atoms with E-state index in [0.717, 1.165) is 0 Å². The Morgan fingerprint density at radius 3 is 1.93 bits per heavy atom. The number of benzene rings is 2. The van der Waals surface area contributed by atoms with Crippen molar-refractivity contribution in [3.8, 4) is 11.5 Å². The summed E-state index contributed by atoms with van der Waals surface area (Å²) in [6.07, 6.45) is -2.53. The molecule has 0 saturated heterocycles. The maximum absolute atomic E-state index is 14.0. The van der Waals surface area contributed by atoms with Gasteiger partial charge in [-0.1, -0.05) is 18.2 Å². The maximum Gasteiger partial charge on any atom is 0.514 e. The van der Waals surface area contributed by atoms with E-state index >= 15 is 0 Å². The fraction of sp³-hybridized carbons (Fsp3) is 0.235. The third-order valence-electron chi connectivity index (χ3n) is 3.25. The Hall–Kier alpha value is -2.69. The van der Waals surface area contributed by atoms with Gasteiger partial charge in [0.2, 0.25) is 34.8 Å². The summed E-state index contributed by atoms with van der Waals surface area (Å²) < 4.78 is 95.5. The van der Waals surface area contributed by atoms with Crippen molar-refractivity contribution >= 4 is 13.7 Å². The minimum Gasteiger partial charge on any atom is -0.461 e. The van der Waals surface area contributed by atoms with E-state index < -0.39 is 60.8 Å². The van der Waals surface area contributed by atoms with Crippen molar-refractivity contribution < 1.29 is 45.1 Å². The zero-order valence-electron chi connectivity index (χ0n) is 15.5. The second-order valence-corrected chi connectivity index (χ2v) is 7.60. The van der Waals surface area contributed by atoms with Crippen molar-refractivity contribution in [2.24, 2.45) is 5.73 Å². The van der Waals surface area contributed by atoms with Crippen molar-refractivity contribution in [3.05, 3.63) is 59.4 Å². The molecule has 0 unspecified atom stereocenters. The van der Waals surface area contributed by atoms with Gasteiger partial charge in [-0.15, -0.1) is 0 Å². The molecule has 0 heterocycles. The summed E-state index contributed by atoms with van der Waals surface area (Å²) in [5, 5.41) is 1.85. The van der Waals surface area contributed by atoms with E-state index in [1.807, 2.05) is 5.09 Å². The summed E-state index contributed by atoms with van der Waals surface area (Å²) >= 11 is 0. The number of para-hydroxylation sites is 1. The highest BCUT2D eigenvalue weighted by molar-refractivity contribution is 7.52. The topological polar surface area (TPSA) is 99.9 Å². The summed E-state index contributed by atoms with van der Waals surface area (Å²) in [5.41, 5.74) is 5.51. The van der Waals surface area contributed by atoms with Gasteiger partial charge in [0.1, 0.15) is 5.75 Å². The summed E-state index contributed by atoms with van der Waals surface area (Å²) in [5.74, 6) is -15.1. The van der Waals surface area contributed by atoms with Crippen LogP contribution in [0.5, 0.6) is 11.5 Å². The van der Waals surface area contributed by atoms with Crippen LogP contribution < -0.4 is 19.9 Å². The monoisotopic (exact) mass is 454 g/mol. The van der Waals surface area contributed by atoms with Crippen LogP contribution in [0.2, 0.25) is 0 Å². The Kier molecular flexibility index (Phi) is 7.40. The predicted octanol–water partition coefficient (Wildman–Crippen LogP) is 3.77. The highest BCUT2D eigenvalue weighted by Crippen LogP contribution is 2.47. The first-order chi connectivity index (χ1) is 13.9. The molecular formula is C17H16F5N2O5P. The lowest BCUT2D eigenvalue weighted by atomic mass is 10.3. The molecular weight excluding hydrogens is 438 g/mol. The third-order valence-corrected chi connectivity index (χ3v) is 4.72. The fourth-order valence-electron chi connectivity index (χ4n) is 2.01. The Labute approximate surface area is 167 Å². The molecule has 0 spiro atoms. The molecule has 164 valence electrons. The summed E-state index contributed by atoms with van der Waals surface area (Å²) in [6.45, 7) is 2.96. The van der Waals surface area contributed by atoms with Gasteiger partial charge in [0.05, 0.1) is 6.10 Å². The molecule has 0 saturated carbocycles. The minimum atomic E-state index is -5.04. The van der Waals surface area contributed by atoms with Gasteiger partial charge in [0, 0.05) is 0 Å². The van der Waals surface area contributed by atoms with Crippen LogP contribution in [0.4, 0.5) is 22.0 Å². The number of nitrogens with two attached hydrogens (primary N) is 1. The molecule has 0 amide bonds. The highest BCUT2D eigenvalue weighted by Gasteiger charge is 2.38. The van der Waals surface area contributed by atoms with E-state index in [4.69, 9.17) is 15.0 Å². The van der Waals surface area contributed by atoms with Crippen LogP contribution in [0.25, 0.3) is 0 Å². The number of nitrogens with one attached hydrogen (secondary N) is 1. The number of rotatable bonds is 8. The lowest BCUT2D eigenvalue weighted by Gasteiger charge is -2.23. The molecule has 0 aliphatic rings. The van der Waals surface area contributed by atoms with Crippen LogP contribution >= 0.6 is 7.75 Å². The molecule has 0 aliphatic heterocycles. The molecule has 3 N–H and O–H groups in total. The Bertz CT molecular complexity index is 948. The zero-order valence-corrected chi connectivity index (χ0v) is 16.4. The van der Waals surface area contributed by atoms with Gasteiger partial charge in [-0.05, 0) is 26.0 Å². The van der Waals surface area contributed by atoms with Crippen LogP contribution in [0, 0.1) is 29.1 Å². The second-order valence-electron chi connectivity index (χ2n) is 5.98. The first-order valence-corrected chi connectivity index (χ1v) is 9.79. The predicted molar refractivity (Wildman–Crippen MR) is 93.9 cm³/mol. The molecule has 0 fully saturated rings. The molecule has 30 heavy (non-hydrogen) atoms. The number of hydrogen-bond acceptors (Lipinski definition) is 6. The molecule has 7 nitrogen and oxygen atoms in total. The Balaban J connectivity index is 2.45.